The van der Waals surface area contributed by atoms with Gasteiger partial charge in [0, 0.05) is 12.0 Å². The Hall–Kier alpha value is -0.980. The molecule has 7 heteroatoms. The summed E-state index contributed by atoms with van der Waals surface area (Å²) in [6.45, 7) is 3.68. The molecular weight excluding hydrogens is 249 g/mol. The number of ether oxygens (including phenoxy) is 1. The fraction of sp³-hybridized carbons (Fsp3) is 0.909. The van der Waals surface area contributed by atoms with Gasteiger partial charge in [0.25, 0.3) is 0 Å². The Labute approximate surface area is 105 Å². The van der Waals surface area contributed by atoms with Gasteiger partial charge in [-0.05, 0) is 12.8 Å². The van der Waals surface area contributed by atoms with Crippen molar-refractivity contribution in [1.29, 1.82) is 0 Å². The van der Waals surface area contributed by atoms with Crippen molar-refractivity contribution in [2.24, 2.45) is 16.3 Å². The summed E-state index contributed by atoms with van der Waals surface area (Å²) < 4.78 is 40.2. The predicted molar refractivity (Wildman–Crippen MR) is 62.5 cm³/mol. The molecule has 0 unspecified atom stereocenters. The summed E-state index contributed by atoms with van der Waals surface area (Å²) in [6, 6.07) is 0. The number of hydrogen-bond acceptors (Lipinski definition) is 3. The molecule has 0 aliphatic carbocycles. The molecule has 108 valence electrons. The third-order valence-electron chi connectivity index (χ3n) is 2.67. The molecule has 0 aromatic heterocycles. The lowest BCUT2D eigenvalue weighted by molar-refractivity contribution is -0.145. The van der Waals surface area contributed by atoms with Gasteiger partial charge in [0.05, 0.1) is 13.0 Å². The van der Waals surface area contributed by atoms with Crippen molar-refractivity contribution < 1.29 is 23.1 Å². The molecule has 0 aromatic rings. The second kappa shape index (κ2) is 7.45. The first-order valence-corrected chi connectivity index (χ1v) is 5.81. The van der Waals surface area contributed by atoms with E-state index in [1.54, 1.807) is 0 Å². The fourth-order valence-corrected chi connectivity index (χ4v) is 1.32. The largest absolute Gasteiger partial charge is 0.409 e. The average molecular weight is 270 g/mol. The highest BCUT2D eigenvalue weighted by atomic mass is 19.4. The smallest absolute Gasteiger partial charge is 0.391 e. The highest BCUT2D eigenvalue weighted by Crippen LogP contribution is 2.23. The Morgan fingerprint density at radius 2 is 1.78 bits per heavy atom. The number of halogens is 3. The van der Waals surface area contributed by atoms with Gasteiger partial charge in [-0.25, -0.2) is 0 Å². The van der Waals surface area contributed by atoms with Gasteiger partial charge in [0.15, 0.2) is 0 Å². The lowest BCUT2D eigenvalue weighted by atomic mass is 9.86. The highest BCUT2D eigenvalue weighted by molar-refractivity contribution is 5.85. The number of unbranched alkanes of at least 4 members (excludes halogenated alkanes) is 1. The molecule has 0 amide bonds. The molecule has 0 aliphatic heterocycles. The van der Waals surface area contributed by atoms with Crippen molar-refractivity contribution in [3.05, 3.63) is 0 Å². The molecule has 0 fully saturated rings. The first-order valence-electron chi connectivity index (χ1n) is 5.81. The molecule has 0 atom stereocenters. The van der Waals surface area contributed by atoms with Crippen LogP contribution in [0, 0.1) is 5.41 Å². The SMILES string of the molecule is CC(C)(CCCCOCCC(F)(F)F)C(N)=NO. The molecule has 0 saturated heterocycles. The predicted octanol–water partition coefficient (Wildman–Crippen LogP) is 2.90. The Morgan fingerprint density at radius 3 is 2.28 bits per heavy atom. The van der Waals surface area contributed by atoms with E-state index in [0.29, 0.717) is 19.4 Å². The maximum Gasteiger partial charge on any atom is 0.391 e. The van der Waals surface area contributed by atoms with Crippen LogP contribution >= 0.6 is 0 Å². The minimum Gasteiger partial charge on any atom is -0.409 e. The van der Waals surface area contributed by atoms with Gasteiger partial charge in [-0.1, -0.05) is 25.4 Å². The maximum atomic E-state index is 11.8. The van der Waals surface area contributed by atoms with E-state index in [4.69, 9.17) is 15.7 Å². The third kappa shape index (κ3) is 8.16. The number of oxime groups is 1. The van der Waals surface area contributed by atoms with Crippen molar-refractivity contribution in [3.63, 3.8) is 0 Å². The Morgan fingerprint density at radius 1 is 1.17 bits per heavy atom. The fourth-order valence-electron chi connectivity index (χ4n) is 1.32. The van der Waals surface area contributed by atoms with Crippen LogP contribution in [0.1, 0.15) is 39.5 Å². The molecular formula is C11H21F3N2O2. The number of alkyl halides is 3. The van der Waals surface area contributed by atoms with Crippen LogP contribution in [0.3, 0.4) is 0 Å². The first kappa shape index (κ1) is 17.0. The third-order valence-corrected chi connectivity index (χ3v) is 2.67. The number of nitrogens with zero attached hydrogens (tertiary/aromatic N) is 1. The van der Waals surface area contributed by atoms with Gasteiger partial charge in [-0.2, -0.15) is 13.2 Å². The van der Waals surface area contributed by atoms with E-state index in [2.05, 4.69) is 5.16 Å². The number of hydrogen-bond donors (Lipinski definition) is 2. The van der Waals surface area contributed by atoms with Gasteiger partial charge >= 0.3 is 6.18 Å². The zero-order valence-electron chi connectivity index (χ0n) is 10.8. The molecule has 0 aliphatic rings. The summed E-state index contributed by atoms with van der Waals surface area (Å²) in [5, 5.41) is 11.5. The van der Waals surface area contributed by atoms with Crippen LogP contribution in [-0.2, 0) is 4.74 Å². The molecule has 0 spiro atoms. The quantitative estimate of drug-likeness (QED) is 0.234. The van der Waals surface area contributed by atoms with Crippen LogP contribution in [0.4, 0.5) is 13.2 Å². The minimum atomic E-state index is -4.16. The number of nitrogens with two attached hydrogens (primary N) is 1. The zero-order valence-corrected chi connectivity index (χ0v) is 10.8. The Balaban J connectivity index is 3.58. The van der Waals surface area contributed by atoms with Gasteiger partial charge in [0.1, 0.15) is 5.84 Å². The summed E-state index contributed by atoms with van der Waals surface area (Å²) in [4.78, 5) is 0. The van der Waals surface area contributed by atoms with E-state index in [1.165, 1.54) is 0 Å². The first-order chi connectivity index (χ1) is 8.19. The summed E-state index contributed by atoms with van der Waals surface area (Å²) in [7, 11) is 0. The highest BCUT2D eigenvalue weighted by Gasteiger charge is 2.26. The Bertz CT molecular complexity index is 266. The molecule has 0 aromatic carbocycles. The minimum absolute atomic E-state index is 0.153. The van der Waals surface area contributed by atoms with Crippen molar-refractivity contribution in [2.45, 2.75) is 45.7 Å². The number of rotatable bonds is 8. The van der Waals surface area contributed by atoms with E-state index >= 15 is 0 Å². The summed E-state index contributed by atoms with van der Waals surface area (Å²) >= 11 is 0. The topological polar surface area (TPSA) is 67.8 Å². The lowest BCUT2D eigenvalue weighted by Gasteiger charge is -2.22. The van der Waals surface area contributed by atoms with Crippen LogP contribution in [0.25, 0.3) is 0 Å². The lowest BCUT2D eigenvalue weighted by Crippen LogP contribution is -2.31. The summed E-state index contributed by atoms with van der Waals surface area (Å²) in [5.41, 5.74) is 5.09. The summed E-state index contributed by atoms with van der Waals surface area (Å²) in [6.07, 6.45) is -2.99. The Kier molecular flexibility index (Phi) is 7.05. The molecule has 4 nitrogen and oxygen atoms in total. The van der Waals surface area contributed by atoms with Crippen molar-refractivity contribution in [3.8, 4) is 0 Å². The molecule has 0 saturated carbocycles. The molecule has 18 heavy (non-hydrogen) atoms. The monoisotopic (exact) mass is 270 g/mol. The van der Waals surface area contributed by atoms with Gasteiger partial charge < -0.3 is 15.7 Å². The van der Waals surface area contributed by atoms with Crippen molar-refractivity contribution in [1.82, 2.24) is 0 Å². The second-order valence-corrected chi connectivity index (χ2v) is 4.80. The molecule has 3 N–H and O–H groups in total. The van der Waals surface area contributed by atoms with Crippen LogP contribution < -0.4 is 5.73 Å². The van der Waals surface area contributed by atoms with E-state index in [9.17, 15) is 13.2 Å². The second-order valence-electron chi connectivity index (χ2n) is 4.80. The van der Waals surface area contributed by atoms with Crippen LogP contribution in [-0.4, -0.2) is 30.4 Å². The van der Waals surface area contributed by atoms with E-state index in [1.807, 2.05) is 13.8 Å². The van der Waals surface area contributed by atoms with E-state index < -0.39 is 18.0 Å². The van der Waals surface area contributed by atoms with Crippen LogP contribution in [0.5, 0.6) is 0 Å². The van der Waals surface area contributed by atoms with Crippen LogP contribution in [0.15, 0.2) is 5.16 Å². The number of amidine groups is 1. The average Bonchev–Trinajstić information content (AvgIpc) is 2.25. The van der Waals surface area contributed by atoms with E-state index in [-0.39, 0.29) is 12.4 Å². The van der Waals surface area contributed by atoms with Gasteiger partial charge in [-0.3, -0.25) is 0 Å². The zero-order chi connectivity index (χ0) is 14.2. The van der Waals surface area contributed by atoms with Crippen LogP contribution in [0.2, 0.25) is 0 Å². The van der Waals surface area contributed by atoms with E-state index in [0.717, 1.165) is 6.42 Å². The van der Waals surface area contributed by atoms with Gasteiger partial charge in [0.2, 0.25) is 0 Å². The molecule has 0 bridgehead atoms. The molecule has 0 radical (unpaired) electrons. The van der Waals surface area contributed by atoms with Crippen molar-refractivity contribution >= 4 is 5.84 Å². The molecule has 0 rings (SSSR count). The molecule has 0 heterocycles. The van der Waals surface area contributed by atoms with Crippen molar-refractivity contribution in [2.75, 3.05) is 13.2 Å². The van der Waals surface area contributed by atoms with Gasteiger partial charge in [-0.15, -0.1) is 0 Å². The summed E-state index contributed by atoms with van der Waals surface area (Å²) in [5.74, 6) is 0.153. The normalized spacial score (nSPS) is 13.9. The maximum absolute atomic E-state index is 11.8. The standard InChI is InChI=1S/C11H21F3N2O2/c1-10(2,9(15)16-17)5-3-4-7-18-8-6-11(12,13)14/h17H,3-8H2,1-2H3,(H2,15,16).